The highest BCUT2D eigenvalue weighted by Crippen LogP contribution is 2.47. The minimum Gasteiger partial charge on any atom is -0.389 e. The van der Waals surface area contributed by atoms with Gasteiger partial charge in [-0.3, -0.25) is 55.1 Å². The molecule has 0 saturated heterocycles. The molecule has 12 aromatic rings. The number of carbonyl (C=O) groups excluding carboxylic acids is 5. The highest BCUT2D eigenvalue weighted by molar-refractivity contribution is 5.97. The van der Waals surface area contributed by atoms with Gasteiger partial charge in [0.05, 0.1) is 135 Å². The van der Waals surface area contributed by atoms with E-state index in [0.717, 1.165) is 172 Å². The van der Waals surface area contributed by atoms with Crippen LogP contribution in [0.2, 0.25) is 0 Å². The van der Waals surface area contributed by atoms with E-state index in [-0.39, 0.29) is 77.4 Å². The van der Waals surface area contributed by atoms with Crippen LogP contribution in [0, 0.1) is 72.0 Å². The summed E-state index contributed by atoms with van der Waals surface area (Å²) in [4.78, 5) is 104. The Hall–Kier alpha value is -13.6. The first-order valence-electron chi connectivity index (χ1n) is 46.6. The zero-order valence-electron chi connectivity index (χ0n) is 76.8. The summed E-state index contributed by atoms with van der Waals surface area (Å²) in [7, 11) is 0. The summed E-state index contributed by atoms with van der Waals surface area (Å²) >= 11 is 0. The molecule has 30 heteroatoms. The van der Waals surface area contributed by atoms with Crippen molar-refractivity contribution in [1.82, 2.24) is 52.7 Å². The molecule has 6 aromatic heterocycles. The van der Waals surface area contributed by atoms with Crippen molar-refractivity contribution in [2.24, 2.45) is 28.6 Å². The third-order valence-electron chi connectivity index (χ3n) is 28.2. The van der Waals surface area contributed by atoms with E-state index in [4.69, 9.17) is 31.6 Å². The first-order chi connectivity index (χ1) is 63.7. The fourth-order valence-corrected chi connectivity index (χ4v) is 18.8. The van der Waals surface area contributed by atoms with Crippen molar-refractivity contribution >= 4 is 137 Å². The fourth-order valence-electron chi connectivity index (χ4n) is 18.8. The van der Waals surface area contributed by atoms with E-state index in [9.17, 15) is 43.7 Å². The number of fused-ring (bicyclic) bond motifs is 5. The first-order valence-corrected chi connectivity index (χ1v) is 46.6. The van der Waals surface area contributed by atoms with Gasteiger partial charge in [-0.2, -0.15) is 5.26 Å². The minimum absolute atomic E-state index is 0.0149. The molecular weight excluding hydrogens is 1680 g/mol. The lowest BCUT2D eigenvalue weighted by Gasteiger charge is -2.38. The predicted molar refractivity (Wildman–Crippen MR) is 512 cm³/mol. The molecule has 3 unspecified atom stereocenters. The molecule has 0 bridgehead atoms. The lowest BCUT2D eigenvalue weighted by Crippen LogP contribution is -2.42. The van der Waals surface area contributed by atoms with Crippen LogP contribution in [-0.4, -0.2) is 109 Å². The maximum atomic E-state index is 13.4. The Labute approximate surface area is 773 Å². The van der Waals surface area contributed by atoms with Crippen LogP contribution in [0.1, 0.15) is 264 Å². The van der Waals surface area contributed by atoms with Crippen LogP contribution in [-0.2, 0) is 29.6 Å². The monoisotopic (exact) mass is 1790 g/mol. The third kappa shape index (κ3) is 21.5. The third-order valence-corrected chi connectivity index (χ3v) is 28.2. The number of imidazole rings is 5. The Morgan fingerprint density at radius 2 is 0.820 bits per heavy atom. The first kappa shape index (κ1) is 94.1. The van der Waals surface area contributed by atoms with E-state index < -0.39 is 28.5 Å². The number of hydrogen-bond acceptors (Lipinski definition) is 15. The van der Waals surface area contributed by atoms with Crippen molar-refractivity contribution < 1.29 is 43.7 Å². The number of rotatable bonds is 22. The second kappa shape index (κ2) is 39.9. The number of nitrogens with one attached hydrogen (secondary N) is 5. The zero-order valence-corrected chi connectivity index (χ0v) is 76.8. The van der Waals surface area contributed by atoms with Gasteiger partial charge in [-0.1, -0.05) is 121 Å². The Bertz CT molecular complexity index is 6560. The second-order valence-corrected chi connectivity index (χ2v) is 39.1. The van der Waals surface area contributed by atoms with Gasteiger partial charge in [0, 0.05) is 36.5 Å². The van der Waals surface area contributed by atoms with E-state index in [0.29, 0.717) is 105 Å². The molecular formula is C103H116FN21O8. The number of amides is 5. The van der Waals surface area contributed by atoms with Crippen molar-refractivity contribution in [1.29, 1.82) is 5.26 Å². The molecule has 19 rings (SSSR count). The van der Waals surface area contributed by atoms with Crippen LogP contribution in [0.5, 0.6) is 0 Å². The van der Waals surface area contributed by atoms with Gasteiger partial charge in [-0.15, -0.1) is 0 Å². The van der Waals surface area contributed by atoms with Crippen LogP contribution in [0.25, 0.3) is 80.4 Å². The lowest BCUT2D eigenvalue weighted by molar-refractivity contribution is -0.125. The van der Waals surface area contributed by atoms with E-state index >= 15 is 0 Å². The van der Waals surface area contributed by atoms with Crippen LogP contribution >= 0.6 is 0 Å². The average molecular weight is 1800 g/mol. The van der Waals surface area contributed by atoms with E-state index in [1.807, 2.05) is 61.5 Å². The van der Waals surface area contributed by atoms with Crippen molar-refractivity contribution in [3.8, 4) is 11.9 Å². The summed E-state index contributed by atoms with van der Waals surface area (Å²) in [6.07, 6.45) is 26.9. The van der Waals surface area contributed by atoms with Crippen LogP contribution in [0.3, 0.4) is 0 Å². The molecule has 0 radical (unpaired) electrons. The fraction of sp³-hybridized carbons (Fsp3) is 0.456. The van der Waals surface area contributed by atoms with Crippen LogP contribution in [0.4, 0.5) is 56.9 Å². The van der Waals surface area contributed by atoms with E-state index in [2.05, 4.69) is 128 Å². The van der Waals surface area contributed by atoms with Crippen molar-refractivity contribution in [3.63, 3.8) is 0 Å². The molecule has 6 aromatic carbocycles. The van der Waals surface area contributed by atoms with Crippen molar-refractivity contribution in [2.75, 3.05) is 26.6 Å². The minimum atomic E-state index is -1.38. The molecule has 4 atom stereocenters. The number of aromatic nitrogens is 11. The smallest absolute Gasteiger partial charge is 0.230 e. The highest BCUT2D eigenvalue weighted by Gasteiger charge is 2.41. The average Bonchev–Trinajstić information content (AvgIpc) is 1.64. The summed E-state index contributed by atoms with van der Waals surface area (Å²) in [6, 6.07) is 41.9. The van der Waals surface area contributed by atoms with Crippen LogP contribution < -0.4 is 26.6 Å². The summed E-state index contributed by atoms with van der Waals surface area (Å²) in [5.41, 5.74) is 8.06. The summed E-state index contributed by atoms with van der Waals surface area (Å²) in [5.74, 6) is 1.75. The number of nitriles is 1. The topological polar surface area (TPSA) is 349 Å². The molecule has 0 aliphatic heterocycles. The summed E-state index contributed by atoms with van der Waals surface area (Å²) in [6.45, 7) is 44.4. The molecule has 8 N–H and O–H groups in total. The SMILES string of the molecule is CC(C(=O)Nc1nc2ccc(C#N)cc2n1C1CCC1)C(C)(C)C.[C-]#[N+]c1ccc2nc(NC(=O)CC(C)(O)C3CCC3)n(C3CCC3)c2c1.[C-]#[N+]c1ccc2nc(NC(=O)CC(C)(O)C3CCCC3)n(C3CCC3)c2c1.[C-]#[N+]c1ccc2nc(NC(=O)CC3(C)CCCC3)n(C3CCC3)c2c1.[C-]#[N+]c1ccc2nc(NC(=O)C[C@](C)(O)c3ccccc3)n(-c3ccc(F)cn3)c2c1. The molecule has 5 amide bonds. The maximum Gasteiger partial charge on any atom is 0.230 e. The number of hydrogen-bond donors (Lipinski definition) is 8. The van der Waals surface area contributed by atoms with Gasteiger partial charge in [0.15, 0.2) is 22.7 Å². The van der Waals surface area contributed by atoms with Crippen LogP contribution in [0.15, 0.2) is 140 Å². The van der Waals surface area contributed by atoms with Gasteiger partial charge < -0.3 is 33.6 Å². The summed E-state index contributed by atoms with van der Waals surface area (Å²) in [5, 5.41) is 56.0. The van der Waals surface area contributed by atoms with Gasteiger partial charge >= 0.3 is 0 Å². The van der Waals surface area contributed by atoms with E-state index in [1.54, 1.807) is 92.1 Å². The molecule has 7 fully saturated rings. The Kier molecular flexibility index (Phi) is 28.2. The number of pyridine rings is 1. The number of benzene rings is 6. The standard InChI is InChI=1S/C23H18FN5O2.C21H26N4O2.C20H24N4O2.C20H24N4O.C19H24N4O/c1-23(31,15-6-4-3-5-7-15)13-21(30)28-22-27-18-10-9-17(25-2)12-19(18)29(22)20-11-8-16(24)14-26-20;1-21(27,14-6-3-4-7-14)13-19(26)24-20-23-17-11-10-15(22-2)12-18(17)25(20)16-8-5-9-16;1-20(26,13-5-3-6-13)12-18(25)23-19-22-16-10-9-14(21-2)11-17(16)24(19)15-7-4-8-15;1-20(10-3-4-11-20)13-18(25)23-19-22-16-9-8-14(21-2)12-17(16)24(19)15-6-5-7-15;1-12(19(2,3)4)17(24)22-18-21-15-9-8-13(11-20)10-16(15)23(18)14-6-5-7-14/h3-12,14,31H,13H2,1H3,(H,27,28,30);10-12,14,16,27H,3-9,13H2,1H3,(H,23,24,26);9-11,13,15,26H,3-8,12H2,1H3,(H,22,23,25);8-9,12,15H,3-7,10-11,13H2,1H3,(H,22,23,25);8-10,12,14H,5-7H2,1-4H3,(H,21,22,24)/t23-;;;;/m0..../s1. The zero-order chi connectivity index (χ0) is 94.3. The van der Waals surface area contributed by atoms with Crippen molar-refractivity contribution in [2.45, 2.75) is 270 Å². The van der Waals surface area contributed by atoms with Gasteiger partial charge in [0.2, 0.25) is 59.3 Å². The number of halogens is 1. The Morgan fingerprint density at radius 1 is 0.459 bits per heavy atom. The predicted octanol–water partition coefficient (Wildman–Crippen LogP) is 22.6. The molecule has 688 valence electrons. The Balaban J connectivity index is 0.000000127. The molecule has 133 heavy (non-hydrogen) atoms. The maximum absolute atomic E-state index is 13.4. The molecule has 0 spiro atoms. The molecule has 29 nitrogen and oxygen atoms in total. The number of anilines is 5. The summed E-state index contributed by atoms with van der Waals surface area (Å²) < 4.78 is 23.3. The van der Waals surface area contributed by atoms with Crippen molar-refractivity contribution in [3.05, 3.63) is 202 Å². The van der Waals surface area contributed by atoms with Gasteiger partial charge in [0.1, 0.15) is 11.6 Å². The van der Waals surface area contributed by atoms with Gasteiger partial charge in [-0.05, 0) is 243 Å². The normalized spacial score (nSPS) is 17.6. The Morgan fingerprint density at radius 3 is 1.20 bits per heavy atom. The van der Waals surface area contributed by atoms with Gasteiger partial charge in [0.25, 0.3) is 0 Å². The molecule has 6 heterocycles. The number of aliphatic hydroxyl groups is 3. The van der Waals surface area contributed by atoms with E-state index in [1.165, 1.54) is 37.8 Å². The lowest BCUT2D eigenvalue weighted by atomic mass is 9.72. The number of carbonyl (C=O) groups is 5. The number of nitrogens with zero attached hydrogens (tertiary/aromatic N) is 16. The molecule has 7 aliphatic carbocycles. The van der Waals surface area contributed by atoms with Gasteiger partial charge in [-0.25, -0.2) is 53.7 Å². The molecule has 7 aliphatic rings. The quantitative estimate of drug-likeness (QED) is 0.0292. The molecule has 7 saturated carbocycles. The highest BCUT2D eigenvalue weighted by atomic mass is 19.1. The largest absolute Gasteiger partial charge is 0.389 e. The second-order valence-electron chi connectivity index (χ2n) is 39.1.